The van der Waals surface area contributed by atoms with E-state index in [0.717, 1.165) is 19.3 Å². The van der Waals surface area contributed by atoms with Crippen molar-refractivity contribution >= 4 is 11.3 Å². The minimum Gasteiger partial charge on any atom is -0.325 e. The standard InChI is InChI=1S/C14H24N2S/c1-10-11(2)17-12(16-10)9-14(15)7-5-13(3,4)6-8-14/h5-9,15H2,1-4H3. The van der Waals surface area contributed by atoms with Crippen LogP contribution in [0.2, 0.25) is 0 Å². The molecule has 0 aromatic carbocycles. The van der Waals surface area contributed by atoms with Crippen LogP contribution in [0.1, 0.15) is 55.1 Å². The Morgan fingerprint density at radius 1 is 1.18 bits per heavy atom. The summed E-state index contributed by atoms with van der Waals surface area (Å²) in [6, 6.07) is 0. The zero-order valence-corrected chi connectivity index (χ0v) is 12.3. The van der Waals surface area contributed by atoms with Gasteiger partial charge in [0.05, 0.1) is 10.7 Å². The van der Waals surface area contributed by atoms with Crippen LogP contribution in [0.25, 0.3) is 0 Å². The predicted octanol–water partition coefficient (Wildman–Crippen LogP) is 3.60. The van der Waals surface area contributed by atoms with E-state index in [4.69, 9.17) is 5.73 Å². The lowest BCUT2D eigenvalue weighted by atomic mass is 9.69. The van der Waals surface area contributed by atoms with Crippen LogP contribution in [-0.2, 0) is 6.42 Å². The molecule has 0 radical (unpaired) electrons. The maximum absolute atomic E-state index is 6.54. The third-order valence-electron chi connectivity index (χ3n) is 4.18. The second kappa shape index (κ2) is 4.36. The van der Waals surface area contributed by atoms with E-state index in [-0.39, 0.29) is 5.54 Å². The summed E-state index contributed by atoms with van der Waals surface area (Å²) in [5.74, 6) is 0. The molecule has 0 saturated heterocycles. The Labute approximate surface area is 109 Å². The molecule has 1 saturated carbocycles. The summed E-state index contributed by atoms with van der Waals surface area (Å²) < 4.78 is 0. The Kier molecular flexibility index (Phi) is 3.34. The van der Waals surface area contributed by atoms with Gasteiger partial charge in [0.15, 0.2) is 0 Å². The summed E-state index contributed by atoms with van der Waals surface area (Å²) in [5.41, 5.74) is 8.19. The first kappa shape index (κ1) is 13.0. The van der Waals surface area contributed by atoms with Crippen LogP contribution in [-0.4, -0.2) is 10.5 Å². The molecule has 1 fully saturated rings. The van der Waals surface area contributed by atoms with E-state index in [2.05, 4.69) is 32.7 Å². The van der Waals surface area contributed by atoms with Crippen molar-refractivity contribution in [2.45, 2.75) is 65.3 Å². The van der Waals surface area contributed by atoms with E-state index < -0.39 is 0 Å². The van der Waals surface area contributed by atoms with Crippen molar-refractivity contribution in [3.63, 3.8) is 0 Å². The summed E-state index contributed by atoms with van der Waals surface area (Å²) in [4.78, 5) is 5.96. The van der Waals surface area contributed by atoms with Crippen molar-refractivity contribution in [1.82, 2.24) is 4.98 Å². The third kappa shape index (κ3) is 3.08. The number of hydrogen-bond acceptors (Lipinski definition) is 3. The monoisotopic (exact) mass is 252 g/mol. The van der Waals surface area contributed by atoms with Crippen LogP contribution in [0.15, 0.2) is 0 Å². The molecular formula is C14H24N2S. The summed E-state index contributed by atoms with van der Waals surface area (Å²) in [6.45, 7) is 8.93. The first-order valence-corrected chi connectivity index (χ1v) is 7.33. The number of thiazole rings is 1. The molecule has 3 heteroatoms. The van der Waals surface area contributed by atoms with Gasteiger partial charge in [-0.3, -0.25) is 0 Å². The van der Waals surface area contributed by atoms with E-state index in [1.54, 1.807) is 0 Å². The molecule has 1 aromatic heterocycles. The topological polar surface area (TPSA) is 38.9 Å². The van der Waals surface area contributed by atoms with Crippen LogP contribution in [0.4, 0.5) is 0 Å². The van der Waals surface area contributed by atoms with Gasteiger partial charge in [-0.1, -0.05) is 13.8 Å². The van der Waals surface area contributed by atoms with Crippen LogP contribution < -0.4 is 5.73 Å². The molecule has 2 nitrogen and oxygen atoms in total. The third-order valence-corrected chi connectivity index (χ3v) is 5.25. The zero-order chi connectivity index (χ0) is 12.7. The smallest absolute Gasteiger partial charge is 0.0949 e. The van der Waals surface area contributed by atoms with E-state index >= 15 is 0 Å². The van der Waals surface area contributed by atoms with E-state index in [1.165, 1.54) is 28.4 Å². The van der Waals surface area contributed by atoms with Gasteiger partial charge in [-0.15, -0.1) is 11.3 Å². The average molecular weight is 252 g/mol. The van der Waals surface area contributed by atoms with Gasteiger partial charge in [-0.2, -0.15) is 0 Å². The summed E-state index contributed by atoms with van der Waals surface area (Å²) in [5, 5.41) is 1.22. The maximum Gasteiger partial charge on any atom is 0.0949 e. The van der Waals surface area contributed by atoms with Gasteiger partial charge in [0, 0.05) is 16.8 Å². The first-order chi connectivity index (χ1) is 7.80. The second-order valence-electron chi connectivity index (χ2n) is 6.45. The lowest BCUT2D eigenvalue weighted by molar-refractivity contribution is 0.164. The van der Waals surface area contributed by atoms with Crippen molar-refractivity contribution in [3.8, 4) is 0 Å². The van der Waals surface area contributed by atoms with E-state index in [9.17, 15) is 0 Å². The second-order valence-corrected chi connectivity index (χ2v) is 7.74. The number of hydrogen-bond donors (Lipinski definition) is 1. The molecule has 1 aliphatic carbocycles. The quantitative estimate of drug-likeness (QED) is 0.873. The van der Waals surface area contributed by atoms with Gasteiger partial charge in [-0.25, -0.2) is 4.98 Å². The lowest BCUT2D eigenvalue weighted by Gasteiger charge is -2.40. The molecule has 0 spiro atoms. The highest BCUT2D eigenvalue weighted by molar-refractivity contribution is 7.11. The van der Waals surface area contributed by atoms with Crippen molar-refractivity contribution in [2.75, 3.05) is 0 Å². The molecule has 1 aliphatic rings. The Morgan fingerprint density at radius 3 is 2.24 bits per heavy atom. The molecule has 0 unspecified atom stereocenters. The highest BCUT2D eigenvalue weighted by atomic mass is 32.1. The molecule has 0 bridgehead atoms. The molecule has 1 heterocycles. The fourth-order valence-corrected chi connectivity index (χ4v) is 3.61. The largest absolute Gasteiger partial charge is 0.325 e. The summed E-state index contributed by atoms with van der Waals surface area (Å²) >= 11 is 1.82. The number of nitrogens with two attached hydrogens (primary N) is 1. The summed E-state index contributed by atoms with van der Waals surface area (Å²) in [6.07, 6.45) is 5.72. The number of nitrogens with zero attached hydrogens (tertiary/aromatic N) is 1. The van der Waals surface area contributed by atoms with Crippen molar-refractivity contribution in [3.05, 3.63) is 15.6 Å². The lowest BCUT2D eigenvalue weighted by Crippen LogP contribution is -2.46. The Balaban J connectivity index is 2.03. The number of aromatic nitrogens is 1. The Hall–Kier alpha value is -0.410. The first-order valence-electron chi connectivity index (χ1n) is 6.52. The highest BCUT2D eigenvalue weighted by Crippen LogP contribution is 2.40. The molecular weight excluding hydrogens is 228 g/mol. The molecule has 96 valence electrons. The van der Waals surface area contributed by atoms with Crippen molar-refractivity contribution < 1.29 is 0 Å². The molecule has 0 amide bonds. The molecule has 0 atom stereocenters. The van der Waals surface area contributed by atoms with Gasteiger partial charge in [0.2, 0.25) is 0 Å². The van der Waals surface area contributed by atoms with Gasteiger partial charge >= 0.3 is 0 Å². The van der Waals surface area contributed by atoms with Crippen LogP contribution in [0.5, 0.6) is 0 Å². The predicted molar refractivity (Wildman–Crippen MR) is 74.5 cm³/mol. The maximum atomic E-state index is 6.54. The molecule has 2 rings (SSSR count). The molecule has 1 aromatic rings. The molecule has 17 heavy (non-hydrogen) atoms. The molecule has 0 aliphatic heterocycles. The van der Waals surface area contributed by atoms with Crippen molar-refractivity contribution in [2.24, 2.45) is 11.1 Å². The van der Waals surface area contributed by atoms with Crippen LogP contribution in [0.3, 0.4) is 0 Å². The minimum absolute atomic E-state index is 0.00769. The van der Waals surface area contributed by atoms with Crippen molar-refractivity contribution in [1.29, 1.82) is 0 Å². The minimum atomic E-state index is -0.00769. The van der Waals surface area contributed by atoms with Gasteiger partial charge in [0.1, 0.15) is 0 Å². The number of aryl methyl sites for hydroxylation is 2. The van der Waals surface area contributed by atoms with Gasteiger partial charge in [0.25, 0.3) is 0 Å². The van der Waals surface area contributed by atoms with E-state index in [0.29, 0.717) is 5.41 Å². The average Bonchev–Trinajstić information content (AvgIpc) is 2.52. The molecule has 2 N–H and O–H groups in total. The Morgan fingerprint density at radius 2 is 1.76 bits per heavy atom. The highest BCUT2D eigenvalue weighted by Gasteiger charge is 2.35. The normalized spacial score (nSPS) is 22.6. The van der Waals surface area contributed by atoms with Gasteiger partial charge in [-0.05, 0) is 44.9 Å². The van der Waals surface area contributed by atoms with Crippen LogP contribution in [0, 0.1) is 19.3 Å². The number of rotatable bonds is 2. The van der Waals surface area contributed by atoms with Crippen LogP contribution >= 0.6 is 11.3 Å². The van der Waals surface area contributed by atoms with Gasteiger partial charge < -0.3 is 5.73 Å². The summed E-state index contributed by atoms with van der Waals surface area (Å²) in [7, 11) is 0. The fraction of sp³-hybridized carbons (Fsp3) is 0.786. The Bertz CT molecular complexity index is 377. The zero-order valence-electron chi connectivity index (χ0n) is 11.5. The fourth-order valence-electron chi connectivity index (χ4n) is 2.52. The SMILES string of the molecule is Cc1nc(CC2(N)CCC(C)(C)CC2)sc1C. The van der Waals surface area contributed by atoms with E-state index in [1.807, 2.05) is 11.3 Å².